The van der Waals surface area contributed by atoms with Crippen molar-refractivity contribution in [1.82, 2.24) is 9.55 Å². The van der Waals surface area contributed by atoms with Gasteiger partial charge in [0, 0.05) is 24.0 Å². The van der Waals surface area contributed by atoms with Gasteiger partial charge in [-0.2, -0.15) is 0 Å². The van der Waals surface area contributed by atoms with Crippen molar-refractivity contribution in [3.8, 4) is 11.1 Å². The Hall–Kier alpha value is -4.14. The molecule has 7 nitrogen and oxygen atoms in total. The molecule has 9 heteroatoms. The van der Waals surface area contributed by atoms with Crippen molar-refractivity contribution in [3.05, 3.63) is 113 Å². The number of aromatic nitrogens is 2. The number of carboxylic acid groups (broad SMARTS) is 1. The number of halogens is 1. The smallest absolute Gasteiger partial charge is 0.336 e. The summed E-state index contributed by atoms with van der Waals surface area (Å²) in [6.07, 6.45) is 2.79. The number of carboxylic acids is 1. The molecule has 0 aliphatic rings. The second-order valence-electron chi connectivity index (χ2n) is 10.8. The van der Waals surface area contributed by atoms with Gasteiger partial charge < -0.3 is 9.67 Å². The zero-order valence-electron chi connectivity index (χ0n) is 24.4. The molecule has 0 spiro atoms. The van der Waals surface area contributed by atoms with Gasteiger partial charge in [0.1, 0.15) is 5.82 Å². The minimum Gasteiger partial charge on any atom is -0.478 e. The van der Waals surface area contributed by atoms with Gasteiger partial charge in [-0.15, -0.1) is 0 Å². The third kappa shape index (κ3) is 6.31. The van der Waals surface area contributed by atoms with Crippen molar-refractivity contribution in [2.45, 2.75) is 57.5 Å². The standard InChI is InChI=1S/C34H34ClN3O4S/c1-4-5-10-33-36-31-20-17-27(38(23(2)3)43(41,42)28-18-15-26(35)16-19-28)21-32(31)37(33)22-24-11-13-25(14-12-24)29-8-6-7-9-30(29)34(39)40/h6-9,11-21,23H,4-5,10,22H2,1-3H3,(H,39,40). The molecule has 0 unspecified atom stereocenters. The van der Waals surface area contributed by atoms with Crippen LogP contribution in [-0.2, 0) is 23.0 Å². The molecular weight excluding hydrogens is 582 g/mol. The van der Waals surface area contributed by atoms with Gasteiger partial charge in [-0.05, 0) is 85.5 Å². The molecule has 0 fully saturated rings. The Kier molecular flexibility index (Phi) is 8.89. The maximum atomic E-state index is 13.8. The molecule has 0 bridgehead atoms. The first-order valence-corrected chi connectivity index (χ1v) is 16.1. The quantitative estimate of drug-likeness (QED) is 0.162. The number of carbonyl (C=O) groups is 1. The van der Waals surface area contributed by atoms with Crippen LogP contribution in [0.4, 0.5) is 5.69 Å². The number of sulfonamides is 1. The van der Waals surface area contributed by atoms with E-state index in [9.17, 15) is 18.3 Å². The van der Waals surface area contributed by atoms with E-state index in [1.807, 2.05) is 68.4 Å². The predicted molar refractivity (Wildman–Crippen MR) is 173 cm³/mol. The molecule has 1 N–H and O–H groups in total. The Morgan fingerprint density at radius 1 is 0.977 bits per heavy atom. The first-order chi connectivity index (χ1) is 20.6. The summed E-state index contributed by atoms with van der Waals surface area (Å²) in [6.45, 7) is 6.38. The number of fused-ring (bicyclic) bond motifs is 1. The third-order valence-corrected chi connectivity index (χ3v) is 9.69. The molecule has 5 rings (SSSR count). The van der Waals surface area contributed by atoms with Gasteiger partial charge in [0.15, 0.2) is 0 Å². The molecule has 0 aliphatic carbocycles. The highest BCUT2D eigenvalue weighted by molar-refractivity contribution is 7.92. The summed E-state index contributed by atoms with van der Waals surface area (Å²) in [4.78, 5) is 16.8. The Morgan fingerprint density at radius 2 is 1.67 bits per heavy atom. The molecule has 222 valence electrons. The van der Waals surface area contributed by atoms with Crippen LogP contribution in [0.15, 0.2) is 95.9 Å². The van der Waals surface area contributed by atoms with E-state index in [4.69, 9.17) is 16.6 Å². The third-order valence-electron chi connectivity index (χ3n) is 7.42. The minimum absolute atomic E-state index is 0.174. The summed E-state index contributed by atoms with van der Waals surface area (Å²) < 4.78 is 31.2. The highest BCUT2D eigenvalue weighted by atomic mass is 35.5. The van der Waals surface area contributed by atoms with E-state index in [2.05, 4.69) is 11.5 Å². The van der Waals surface area contributed by atoms with Crippen LogP contribution in [0.1, 0.15) is 55.4 Å². The molecule has 0 saturated heterocycles. The van der Waals surface area contributed by atoms with Gasteiger partial charge in [0.05, 0.1) is 27.2 Å². The number of unbranched alkanes of at least 4 members (excludes halogenated alkanes) is 1. The number of anilines is 1. The first kappa shape index (κ1) is 30.3. The molecule has 0 amide bonds. The largest absolute Gasteiger partial charge is 0.478 e. The van der Waals surface area contributed by atoms with E-state index in [1.165, 1.54) is 16.4 Å². The summed E-state index contributed by atoms with van der Waals surface area (Å²) in [7, 11) is -3.86. The van der Waals surface area contributed by atoms with Crippen LogP contribution >= 0.6 is 11.6 Å². The Balaban J connectivity index is 1.55. The number of aromatic carboxylic acids is 1. The van der Waals surface area contributed by atoms with E-state index < -0.39 is 16.0 Å². The van der Waals surface area contributed by atoms with Crippen molar-refractivity contribution in [2.75, 3.05) is 4.31 Å². The first-order valence-electron chi connectivity index (χ1n) is 14.3. The summed E-state index contributed by atoms with van der Waals surface area (Å²) in [6, 6.07) is 26.3. The SMILES string of the molecule is CCCCc1nc2ccc(N(C(C)C)S(=O)(=O)c3ccc(Cl)cc3)cc2n1Cc1ccc(-c2ccccc2C(=O)O)cc1. The predicted octanol–water partition coefficient (Wildman–Crippen LogP) is 8.05. The van der Waals surface area contributed by atoms with E-state index in [1.54, 1.807) is 24.3 Å². The molecular formula is C34H34ClN3O4S. The molecule has 0 atom stereocenters. The van der Waals surface area contributed by atoms with E-state index in [0.29, 0.717) is 22.8 Å². The summed E-state index contributed by atoms with van der Waals surface area (Å²) in [5.74, 6) is -0.0274. The molecule has 0 radical (unpaired) electrons. The van der Waals surface area contributed by atoms with Crippen molar-refractivity contribution >= 4 is 44.3 Å². The van der Waals surface area contributed by atoms with Gasteiger partial charge in [-0.25, -0.2) is 18.2 Å². The lowest BCUT2D eigenvalue weighted by atomic mass is 9.99. The Labute approximate surface area is 257 Å². The van der Waals surface area contributed by atoms with Crippen LogP contribution in [0.3, 0.4) is 0 Å². The van der Waals surface area contributed by atoms with E-state index in [-0.39, 0.29) is 16.5 Å². The highest BCUT2D eigenvalue weighted by Gasteiger charge is 2.28. The average molecular weight is 616 g/mol. The fourth-order valence-corrected chi connectivity index (χ4v) is 7.11. The highest BCUT2D eigenvalue weighted by Crippen LogP contribution is 2.31. The maximum Gasteiger partial charge on any atom is 0.336 e. The van der Waals surface area contributed by atoms with Crippen LogP contribution in [0.2, 0.25) is 5.02 Å². The average Bonchev–Trinajstić information content (AvgIpc) is 3.32. The lowest BCUT2D eigenvalue weighted by molar-refractivity contribution is 0.0697. The fraction of sp³-hybridized carbons (Fsp3) is 0.235. The second-order valence-corrected chi connectivity index (χ2v) is 13.0. The number of rotatable bonds is 11. The van der Waals surface area contributed by atoms with Crippen LogP contribution in [-0.4, -0.2) is 35.1 Å². The summed E-state index contributed by atoms with van der Waals surface area (Å²) in [5.41, 5.74) is 4.97. The fourth-order valence-electron chi connectivity index (χ4n) is 5.33. The van der Waals surface area contributed by atoms with E-state index >= 15 is 0 Å². The molecule has 0 aliphatic heterocycles. The molecule has 43 heavy (non-hydrogen) atoms. The van der Waals surface area contributed by atoms with Crippen molar-refractivity contribution in [2.24, 2.45) is 0 Å². The van der Waals surface area contributed by atoms with Gasteiger partial charge in [-0.1, -0.05) is 67.4 Å². The molecule has 5 aromatic rings. The monoisotopic (exact) mass is 615 g/mol. The number of hydrogen-bond donors (Lipinski definition) is 1. The number of nitrogens with zero attached hydrogens (tertiary/aromatic N) is 3. The minimum atomic E-state index is -3.86. The Bertz CT molecular complexity index is 1860. The lowest BCUT2D eigenvalue weighted by Crippen LogP contribution is -2.37. The van der Waals surface area contributed by atoms with Crippen molar-refractivity contribution in [1.29, 1.82) is 0 Å². The Morgan fingerprint density at radius 3 is 2.33 bits per heavy atom. The number of aryl methyl sites for hydroxylation is 1. The number of imidazole rings is 1. The van der Waals surface area contributed by atoms with Crippen molar-refractivity contribution < 1.29 is 18.3 Å². The van der Waals surface area contributed by atoms with Crippen LogP contribution in [0.25, 0.3) is 22.2 Å². The summed E-state index contributed by atoms with van der Waals surface area (Å²) >= 11 is 6.03. The molecule has 0 saturated carbocycles. The summed E-state index contributed by atoms with van der Waals surface area (Å²) in [5, 5.41) is 10.1. The van der Waals surface area contributed by atoms with Crippen LogP contribution < -0.4 is 4.31 Å². The lowest BCUT2D eigenvalue weighted by Gasteiger charge is -2.28. The van der Waals surface area contributed by atoms with Crippen LogP contribution in [0, 0.1) is 0 Å². The maximum absolute atomic E-state index is 13.8. The van der Waals surface area contributed by atoms with Gasteiger partial charge in [-0.3, -0.25) is 4.31 Å². The zero-order chi connectivity index (χ0) is 30.7. The topological polar surface area (TPSA) is 92.5 Å². The number of hydrogen-bond acceptors (Lipinski definition) is 4. The van der Waals surface area contributed by atoms with Gasteiger partial charge in [0.2, 0.25) is 0 Å². The molecule has 4 aromatic carbocycles. The molecule has 1 heterocycles. The second kappa shape index (κ2) is 12.6. The van der Waals surface area contributed by atoms with Crippen LogP contribution in [0.5, 0.6) is 0 Å². The number of benzene rings is 4. The van der Waals surface area contributed by atoms with Crippen molar-refractivity contribution in [3.63, 3.8) is 0 Å². The zero-order valence-corrected chi connectivity index (χ0v) is 25.9. The molecule has 1 aromatic heterocycles. The normalized spacial score (nSPS) is 11.7. The van der Waals surface area contributed by atoms with E-state index in [0.717, 1.165) is 47.2 Å². The van der Waals surface area contributed by atoms with Gasteiger partial charge >= 0.3 is 5.97 Å². The van der Waals surface area contributed by atoms with Gasteiger partial charge in [0.25, 0.3) is 10.0 Å².